The van der Waals surface area contributed by atoms with Crippen LogP contribution in [0, 0.1) is 0 Å². The highest BCUT2D eigenvalue weighted by molar-refractivity contribution is 7.17. The topological polar surface area (TPSA) is 26.3 Å². The number of rotatable bonds is 4. The molecule has 0 unspecified atom stereocenters. The van der Waals surface area contributed by atoms with Gasteiger partial charge in [-0.15, -0.1) is 11.3 Å². The van der Waals surface area contributed by atoms with Crippen LogP contribution in [0.15, 0.2) is 53.9 Å². The zero-order valence-electron chi connectivity index (χ0n) is 12.0. The summed E-state index contributed by atoms with van der Waals surface area (Å²) < 4.78 is 6.74. The highest BCUT2D eigenvalue weighted by atomic mass is 32.1. The van der Waals surface area contributed by atoms with E-state index in [0.717, 1.165) is 21.4 Å². The van der Waals surface area contributed by atoms with Gasteiger partial charge in [0.15, 0.2) is 5.78 Å². The smallest absolute Gasteiger partial charge is 0.194 e. The molecule has 106 valence electrons. The largest absolute Gasteiger partial charge is 0.491 e. The molecule has 0 N–H and O–H groups in total. The first-order chi connectivity index (χ1) is 10.1. The molecule has 0 amide bonds. The molecule has 0 aliphatic heterocycles. The lowest BCUT2D eigenvalue weighted by Gasteiger charge is -2.09. The number of carbonyl (C=O) groups is 1. The monoisotopic (exact) mass is 296 g/mol. The van der Waals surface area contributed by atoms with Crippen molar-refractivity contribution in [2.45, 2.75) is 20.0 Å². The van der Waals surface area contributed by atoms with E-state index in [2.05, 4.69) is 0 Å². The van der Waals surface area contributed by atoms with Crippen LogP contribution < -0.4 is 4.74 Å². The van der Waals surface area contributed by atoms with Gasteiger partial charge in [0.2, 0.25) is 0 Å². The van der Waals surface area contributed by atoms with E-state index in [1.165, 1.54) is 0 Å². The van der Waals surface area contributed by atoms with Gasteiger partial charge in [0.05, 0.1) is 6.10 Å². The van der Waals surface area contributed by atoms with Gasteiger partial charge in [-0.05, 0) is 44.2 Å². The van der Waals surface area contributed by atoms with E-state index in [0.29, 0.717) is 5.56 Å². The van der Waals surface area contributed by atoms with Gasteiger partial charge in [-0.1, -0.05) is 18.2 Å². The minimum Gasteiger partial charge on any atom is -0.491 e. The van der Waals surface area contributed by atoms with Gasteiger partial charge in [0, 0.05) is 26.6 Å². The fourth-order valence-electron chi connectivity index (χ4n) is 2.27. The third-order valence-corrected chi connectivity index (χ3v) is 4.18. The minimum absolute atomic E-state index is 0.0588. The van der Waals surface area contributed by atoms with Crippen molar-refractivity contribution in [1.82, 2.24) is 0 Å². The molecule has 0 fully saturated rings. The van der Waals surface area contributed by atoms with E-state index in [1.54, 1.807) is 11.3 Å². The molecule has 0 radical (unpaired) electrons. The highest BCUT2D eigenvalue weighted by Crippen LogP contribution is 2.28. The number of hydrogen-bond donors (Lipinski definition) is 0. The predicted octanol–water partition coefficient (Wildman–Crippen LogP) is 4.92. The van der Waals surface area contributed by atoms with Gasteiger partial charge in [0.25, 0.3) is 0 Å². The fraction of sp³-hybridized carbons (Fsp3) is 0.167. The molecule has 3 rings (SSSR count). The molecule has 21 heavy (non-hydrogen) atoms. The quantitative estimate of drug-likeness (QED) is 0.639. The van der Waals surface area contributed by atoms with Gasteiger partial charge in [-0.3, -0.25) is 4.79 Å². The number of fused-ring (bicyclic) bond motifs is 1. The van der Waals surface area contributed by atoms with E-state index in [-0.39, 0.29) is 11.9 Å². The Morgan fingerprint density at radius 3 is 2.48 bits per heavy atom. The van der Waals surface area contributed by atoms with Crippen molar-refractivity contribution >= 4 is 27.2 Å². The number of hydrogen-bond acceptors (Lipinski definition) is 3. The molecule has 1 heterocycles. The Balaban J connectivity index is 1.91. The number of ether oxygens (including phenoxy) is 1. The number of thiophene rings is 1. The van der Waals surface area contributed by atoms with Crippen LogP contribution in [0.4, 0.5) is 0 Å². The van der Waals surface area contributed by atoms with Crippen molar-refractivity contribution in [3.63, 3.8) is 0 Å². The van der Waals surface area contributed by atoms with Crippen molar-refractivity contribution in [2.24, 2.45) is 0 Å². The summed E-state index contributed by atoms with van der Waals surface area (Å²) in [5.74, 6) is 0.847. The molecule has 1 aromatic heterocycles. The first-order valence-corrected chi connectivity index (χ1v) is 7.81. The van der Waals surface area contributed by atoms with Crippen LogP contribution in [0.3, 0.4) is 0 Å². The minimum atomic E-state index is 0.0588. The average Bonchev–Trinajstić information content (AvgIpc) is 2.90. The highest BCUT2D eigenvalue weighted by Gasteiger charge is 2.14. The van der Waals surface area contributed by atoms with Crippen LogP contribution >= 0.6 is 11.3 Å². The molecule has 3 aromatic rings. The van der Waals surface area contributed by atoms with Gasteiger partial charge in [-0.2, -0.15) is 0 Å². The Bertz CT molecular complexity index is 769. The zero-order valence-corrected chi connectivity index (χ0v) is 12.8. The van der Waals surface area contributed by atoms with Crippen molar-refractivity contribution < 1.29 is 9.53 Å². The molecule has 0 aliphatic carbocycles. The summed E-state index contributed by atoms with van der Waals surface area (Å²) in [4.78, 5) is 12.6. The van der Waals surface area contributed by atoms with Crippen molar-refractivity contribution in [3.8, 4) is 5.75 Å². The normalized spacial score (nSPS) is 11.0. The number of benzene rings is 2. The van der Waals surface area contributed by atoms with E-state index in [4.69, 9.17) is 4.74 Å². The third kappa shape index (κ3) is 2.83. The average molecular weight is 296 g/mol. The lowest BCUT2D eigenvalue weighted by atomic mass is 10.0. The van der Waals surface area contributed by atoms with Crippen LogP contribution in [0.2, 0.25) is 0 Å². The molecule has 0 aliphatic rings. The molecular formula is C18H16O2S. The molecule has 2 aromatic carbocycles. The summed E-state index contributed by atoms with van der Waals surface area (Å²) in [7, 11) is 0. The van der Waals surface area contributed by atoms with Crippen LogP contribution in [0.5, 0.6) is 5.75 Å². The van der Waals surface area contributed by atoms with Crippen LogP contribution in [-0.4, -0.2) is 11.9 Å². The summed E-state index contributed by atoms with van der Waals surface area (Å²) in [5, 5.41) is 2.96. The molecule has 0 saturated heterocycles. The summed E-state index contributed by atoms with van der Waals surface area (Å²) in [6.45, 7) is 3.97. The molecular weight excluding hydrogens is 280 g/mol. The van der Waals surface area contributed by atoms with Gasteiger partial charge in [0.1, 0.15) is 5.75 Å². The second-order valence-corrected chi connectivity index (χ2v) is 6.08. The van der Waals surface area contributed by atoms with Crippen LogP contribution in [-0.2, 0) is 0 Å². The molecule has 0 saturated carbocycles. The van der Waals surface area contributed by atoms with Crippen LogP contribution in [0.25, 0.3) is 10.1 Å². The van der Waals surface area contributed by atoms with Gasteiger partial charge in [-0.25, -0.2) is 0 Å². The standard InChI is InChI=1S/C18H16O2S/c1-12(2)20-14-9-7-13(8-10-14)18(19)16-11-21-17-6-4-3-5-15(16)17/h3-12H,1-2H3. The van der Waals surface area contributed by atoms with Crippen molar-refractivity contribution in [2.75, 3.05) is 0 Å². The third-order valence-electron chi connectivity index (χ3n) is 3.21. The molecule has 0 atom stereocenters. The number of carbonyl (C=O) groups excluding carboxylic acids is 1. The van der Waals surface area contributed by atoms with E-state index >= 15 is 0 Å². The Morgan fingerprint density at radius 2 is 1.76 bits per heavy atom. The Hall–Kier alpha value is -2.13. The second-order valence-electron chi connectivity index (χ2n) is 5.17. The zero-order chi connectivity index (χ0) is 14.8. The lowest BCUT2D eigenvalue weighted by molar-refractivity contribution is 0.104. The summed E-state index contributed by atoms with van der Waals surface area (Å²) in [6, 6.07) is 15.3. The lowest BCUT2D eigenvalue weighted by Crippen LogP contribution is -2.06. The first-order valence-electron chi connectivity index (χ1n) is 6.93. The molecule has 3 heteroatoms. The molecule has 2 nitrogen and oxygen atoms in total. The SMILES string of the molecule is CC(C)Oc1ccc(C(=O)c2csc3ccccc23)cc1. The fourth-order valence-corrected chi connectivity index (χ4v) is 3.21. The maximum atomic E-state index is 12.6. The van der Waals surface area contributed by atoms with Crippen molar-refractivity contribution in [1.29, 1.82) is 0 Å². The first kappa shape index (κ1) is 13.8. The van der Waals surface area contributed by atoms with Crippen LogP contribution in [0.1, 0.15) is 29.8 Å². The molecule has 0 bridgehead atoms. The summed E-state index contributed by atoms with van der Waals surface area (Å²) in [5.41, 5.74) is 1.46. The predicted molar refractivity (Wildman–Crippen MR) is 87.5 cm³/mol. The second kappa shape index (κ2) is 5.70. The van der Waals surface area contributed by atoms with E-state index < -0.39 is 0 Å². The van der Waals surface area contributed by atoms with Gasteiger partial charge < -0.3 is 4.74 Å². The number of ketones is 1. The maximum Gasteiger partial charge on any atom is 0.194 e. The molecule has 0 spiro atoms. The summed E-state index contributed by atoms with van der Waals surface area (Å²) >= 11 is 1.60. The van der Waals surface area contributed by atoms with Crippen molar-refractivity contribution in [3.05, 3.63) is 65.0 Å². The van der Waals surface area contributed by atoms with Gasteiger partial charge >= 0.3 is 0 Å². The Labute approximate surface area is 128 Å². The van der Waals surface area contributed by atoms with E-state index in [1.807, 2.05) is 67.8 Å². The van der Waals surface area contributed by atoms with E-state index in [9.17, 15) is 4.79 Å². The Kier molecular flexibility index (Phi) is 3.76. The Morgan fingerprint density at radius 1 is 1.05 bits per heavy atom. The summed E-state index contributed by atoms with van der Waals surface area (Å²) in [6.07, 6.45) is 0.132. The maximum absolute atomic E-state index is 12.6.